The van der Waals surface area contributed by atoms with Crippen LogP contribution < -0.4 is 16.0 Å². The molecular weight excluding hydrogens is 306 g/mol. The normalized spacial score (nSPS) is 20.9. The summed E-state index contributed by atoms with van der Waals surface area (Å²) in [6, 6.07) is 8.25. The third-order valence-corrected chi connectivity index (χ3v) is 6.72. The number of anilines is 1. The van der Waals surface area contributed by atoms with Gasteiger partial charge in [-0.3, -0.25) is 4.79 Å². The van der Waals surface area contributed by atoms with Gasteiger partial charge >= 0.3 is 0 Å². The van der Waals surface area contributed by atoms with Crippen molar-refractivity contribution in [2.24, 2.45) is 5.73 Å². The van der Waals surface area contributed by atoms with E-state index in [0.717, 1.165) is 43.7 Å². The Bertz CT molecular complexity index is 545. The maximum Gasteiger partial charge on any atom is 0.253 e. The highest BCUT2D eigenvalue weighted by Gasteiger charge is 2.36. The molecule has 5 heteroatoms. The molecule has 1 saturated carbocycles. The van der Waals surface area contributed by atoms with Crippen molar-refractivity contribution in [3.63, 3.8) is 0 Å². The Morgan fingerprint density at radius 3 is 2.65 bits per heavy atom. The lowest BCUT2D eigenvalue weighted by molar-refractivity contribution is 0.0944. The van der Waals surface area contributed by atoms with Crippen molar-refractivity contribution in [3.05, 3.63) is 29.8 Å². The summed E-state index contributed by atoms with van der Waals surface area (Å²) in [6.45, 7) is 2.63. The van der Waals surface area contributed by atoms with Crippen LogP contribution >= 0.6 is 11.8 Å². The molecular formula is C18H27N3OS. The first-order chi connectivity index (χ1) is 11.1. The minimum absolute atomic E-state index is 0.0517. The zero-order valence-corrected chi connectivity index (χ0v) is 14.7. The summed E-state index contributed by atoms with van der Waals surface area (Å²) >= 11 is 1.89. The summed E-state index contributed by atoms with van der Waals surface area (Å²) in [7, 11) is 0. The molecule has 23 heavy (non-hydrogen) atoms. The molecule has 0 unspecified atom stereocenters. The average Bonchev–Trinajstić information content (AvgIpc) is 2.55. The van der Waals surface area contributed by atoms with Gasteiger partial charge in [0.2, 0.25) is 0 Å². The maximum absolute atomic E-state index is 12.7. The van der Waals surface area contributed by atoms with E-state index in [1.807, 2.05) is 30.0 Å². The van der Waals surface area contributed by atoms with E-state index in [1.165, 1.54) is 19.3 Å². The monoisotopic (exact) mass is 333 g/mol. The minimum atomic E-state index is 0.0517. The Morgan fingerprint density at radius 1 is 1.35 bits per heavy atom. The highest BCUT2D eigenvalue weighted by molar-refractivity contribution is 8.00. The van der Waals surface area contributed by atoms with E-state index < -0.39 is 0 Å². The van der Waals surface area contributed by atoms with Gasteiger partial charge in [-0.05, 0) is 44.1 Å². The number of carbonyl (C=O) groups excluding carboxylic acids is 1. The number of piperidine rings is 1. The van der Waals surface area contributed by atoms with E-state index >= 15 is 0 Å². The van der Waals surface area contributed by atoms with Gasteiger partial charge in [-0.25, -0.2) is 0 Å². The Morgan fingerprint density at radius 2 is 2.04 bits per heavy atom. The highest BCUT2D eigenvalue weighted by atomic mass is 32.2. The molecule has 126 valence electrons. The van der Waals surface area contributed by atoms with Crippen LogP contribution in [-0.2, 0) is 0 Å². The molecule has 3 N–H and O–H groups in total. The summed E-state index contributed by atoms with van der Waals surface area (Å²) in [4.78, 5) is 15.0. The lowest BCUT2D eigenvalue weighted by atomic mass is 9.84. The van der Waals surface area contributed by atoms with Gasteiger partial charge in [-0.15, -0.1) is 0 Å². The topological polar surface area (TPSA) is 58.4 Å². The smallest absolute Gasteiger partial charge is 0.253 e. The number of nitrogens with one attached hydrogen (secondary N) is 1. The van der Waals surface area contributed by atoms with E-state index in [-0.39, 0.29) is 10.7 Å². The molecule has 2 fully saturated rings. The van der Waals surface area contributed by atoms with Gasteiger partial charge in [0.25, 0.3) is 5.91 Å². The summed E-state index contributed by atoms with van der Waals surface area (Å²) in [5.41, 5.74) is 7.83. The minimum Gasteiger partial charge on any atom is -0.371 e. The molecule has 1 aliphatic carbocycles. The number of amides is 1. The lowest BCUT2D eigenvalue weighted by Crippen LogP contribution is -2.45. The second-order valence-corrected chi connectivity index (χ2v) is 8.04. The SMILES string of the molecule is CSC1(CNC(=O)c2ccccc2N2CCC(N)CC2)CCC1. The number of thioether (sulfide) groups is 1. The molecule has 2 aliphatic rings. The van der Waals surface area contributed by atoms with Crippen LogP contribution in [0.2, 0.25) is 0 Å². The fourth-order valence-corrected chi connectivity index (χ4v) is 4.36. The largest absolute Gasteiger partial charge is 0.371 e. The first-order valence-electron chi connectivity index (χ1n) is 8.56. The van der Waals surface area contributed by atoms with Crippen LogP contribution in [0, 0.1) is 0 Å². The number of rotatable bonds is 5. The van der Waals surface area contributed by atoms with E-state index in [9.17, 15) is 4.79 Å². The van der Waals surface area contributed by atoms with E-state index in [2.05, 4.69) is 22.5 Å². The molecule has 0 bridgehead atoms. The van der Waals surface area contributed by atoms with Crippen molar-refractivity contribution < 1.29 is 4.79 Å². The van der Waals surface area contributed by atoms with Gasteiger partial charge in [-0.1, -0.05) is 18.6 Å². The van der Waals surface area contributed by atoms with E-state index in [1.54, 1.807) is 0 Å². The lowest BCUT2D eigenvalue weighted by Gasteiger charge is -2.40. The third kappa shape index (κ3) is 3.66. The van der Waals surface area contributed by atoms with Gasteiger partial charge in [0.15, 0.2) is 0 Å². The molecule has 0 radical (unpaired) electrons. The number of hydrogen-bond acceptors (Lipinski definition) is 4. The van der Waals surface area contributed by atoms with Crippen LogP contribution in [0.4, 0.5) is 5.69 Å². The molecule has 1 aromatic rings. The Hall–Kier alpha value is -1.20. The van der Waals surface area contributed by atoms with Crippen molar-refractivity contribution in [1.29, 1.82) is 0 Å². The van der Waals surface area contributed by atoms with Crippen molar-refractivity contribution in [1.82, 2.24) is 5.32 Å². The van der Waals surface area contributed by atoms with E-state index in [0.29, 0.717) is 6.04 Å². The summed E-state index contributed by atoms with van der Waals surface area (Å²) in [5.74, 6) is 0.0517. The van der Waals surface area contributed by atoms with Crippen LogP contribution in [0.25, 0.3) is 0 Å². The summed E-state index contributed by atoms with van der Waals surface area (Å²) in [5, 5.41) is 3.17. The van der Waals surface area contributed by atoms with Gasteiger partial charge in [0, 0.05) is 36.1 Å². The maximum atomic E-state index is 12.7. The fourth-order valence-electron chi connectivity index (χ4n) is 3.44. The molecule has 3 rings (SSSR count). The van der Waals surface area contributed by atoms with Crippen LogP contribution in [0.1, 0.15) is 42.5 Å². The number of nitrogens with two attached hydrogens (primary N) is 1. The molecule has 4 nitrogen and oxygen atoms in total. The average molecular weight is 334 g/mol. The van der Waals surface area contributed by atoms with E-state index in [4.69, 9.17) is 5.73 Å². The van der Waals surface area contributed by atoms with Crippen molar-refractivity contribution >= 4 is 23.4 Å². The van der Waals surface area contributed by atoms with Gasteiger partial charge in [-0.2, -0.15) is 11.8 Å². The van der Waals surface area contributed by atoms with Gasteiger partial charge in [0.05, 0.1) is 5.56 Å². The molecule has 0 aromatic heterocycles. The second-order valence-electron chi connectivity index (χ2n) is 6.76. The molecule has 1 saturated heterocycles. The molecule has 0 spiro atoms. The van der Waals surface area contributed by atoms with Crippen LogP contribution in [0.15, 0.2) is 24.3 Å². The summed E-state index contributed by atoms with van der Waals surface area (Å²) in [6.07, 6.45) is 7.83. The predicted octanol–water partition coefficient (Wildman–Crippen LogP) is 2.63. The van der Waals surface area contributed by atoms with Crippen LogP contribution in [-0.4, -0.2) is 42.6 Å². The number of nitrogens with zero attached hydrogens (tertiary/aromatic N) is 1. The van der Waals surface area contributed by atoms with Crippen molar-refractivity contribution in [2.45, 2.75) is 42.9 Å². The molecule has 1 aliphatic heterocycles. The Kier molecular flexibility index (Phi) is 5.17. The second kappa shape index (κ2) is 7.14. The Labute approximate surface area is 143 Å². The zero-order valence-electron chi connectivity index (χ0n) is 13.9. The quantitative estimate of drug-likeness (QED) is 0.870. The Balaban J connectivity index is 1.68. The molecule has 1 heterocycles. The standard InChI is InChI=1S/C18H27N3OS/c1-23-18(9-4-10-18)13-20-17(22)15-5-2-3-6-16(15)21-11-7-14(19)8-12-21/h2-3,5-6,14H,4,7-13,19H2,1H3,(H,20,22). The van der Waals surface area contributed by atoms with Crippen molar-refractivity contribution in [2.75, 3.05) is 30.8 Å². The predicted molar refractivity (Wildman–Crippen MR) is 98.3 cm³/mol. The molecule has 1 amide bonds. The van der Waals surface area contributed by atoms with Crippen molar-refractivity contribution in [3.8, 4) is 0 Å². The zero-order chi connectivity index (χ0) is 16.3. The number of hydrogen-bond donors (Lipinski definition) is 2. The van der Waals surface area contributed by atoms with Crippen LogP contribution in [0.5, 0.6) is 0 Å². The number of benzene rings is 1. The first kappa shape index (κ1) is 16.7. The highest BCUT2D eigenvalue weighted by Crippen LogP contribution is 2.42. The third-order valence-electron chi connectivity index (χ3n) is 5.30. The number of para-hydroxylation sites is 1. The van der Waals surface area contributed by atoms with Crippen LogP contribution in [0.3, 0.4) is 0 Å². The summed E-state index contributed by atoms with van der Waals surface area (Å²) < 4.78 is 0.266. The van der Waals surface area contributed by atoms with Gasteiger partial charge in [0.1, 0.15) is 0 Å². The fraction of sp³-hybridized carbons (Fsp3) is 0.611. The first-order valence-corrected chi connectivity index (χ1v) is 9.79. The van der Waals surface area contributed by atoms with Gasteiger partial charge < -0.3 is 16.0 Å². The molecule has 1 aromatic carbocycles. The number of carbonyl (C=O) groups is 1. The molecule has 0 atom stereocenters.